The van der Waals surface area contributed by atoms with Crippen molar-refractivity contribution in [2.24, 2.45) is 0 Å². The van der Waals surface area contributed by atoms with Crippen molar-refractivity contribution in [1.29, 1.82) is 0 Å². The second kappa shape index (κ2) is 5.18. The highest BCUT2D eigenvalue weighted by Crippen LogP contribution is 2.49. The maximum Gasteiger partial charge on any atom is 0.246 e. The van der Waals surface area contributed by atoms with Gasteiger partial charge in [0.1, 0.15) is 0 Å². The number of hydrogen-bond acceptors (Lipinski definition) is 0. The highest BCUT2D eigenvalue weighted by atomic mass is 35.7. The second-order valence-corrected chi connectivity index (χ2v) is 23.5. The molecule has 0 aromatic carbocycles. The van der Waals surface area contributed by atoms with Gasteiger partial charge < -0.3 is 0 Å². The Labute approximate surface area is 105 Å². The third-order valence-corrected chi connectivity index (χ3v) is 31.3. The van der Waals surface area contributed by atoms with Gasteiger partial charge in [0.05, 0.1) is 0 Å². The molecule has 0 spiro atoms. The molecule has 0 fully saturated rings. The summed E-state index contributed by atoms with van der Waals surface area (Å²) in [5, 5.41) is 0. The zero-order valence-electron chi connectivity index (χ0n) is 10.3. The first-order valence-electron chi connectivity index (χ1n) is 4.88. The van der Waals surface area contributed by atoms with Crippen molar-refractivity contribution in [2.75, 3.05) is 0 Å². The standard InChI is InChI=1S/C8H21Cl2Si4/c1-11(2)8(12(3)4,13(5)6)14(7,9)10/h1-7H3. The van der Waals surface area contributed by atoms with Crippen LogP contribution in [0.4, 0.5) is 0 Å². The Morgan fingerprint density at radius 1 is 0.786 bits per heavy atom. The number of rotatable bonds is 4. The maximum absolute atomic E-state index is 6.62. The largest absolute Gasteiger partial charge is 0.246 e. The van der Waals surface area contributed by atoms with Gasteiger partial charge >= 0.3 is 0 Å². The fourth-order valence-corrected chi connectivity index (χ4v) is 35.6. The highest BCUT2D eigenvalue weighted by molar-refractivity contribution is 7.54. The van der Waals surface area contributed by atoms with Crippen LogP contribution in [0, 0.1) is 0 Å². The van der Waals surface area contributed by atoms with Crippen LogP contribution in [-0.2, 0) is 0 Å². The summed E-state index contributed by atoms with van der Waals surface area (Å²) in [5.41, 5.74) is 0. The van der Waals surface area contributed by atoms with E-state index < -0.39 is 33.1 Å². The molecule has 0 aliphatic carbocycles. The normalized spacial score (nSPS) is 14.6. The Bertz CT molecular complexity index is 164. The quantitative estimate of drug-likeness (QED) is 0.540. The van der Waals surface area contributed by atoms with Crippen LogP contribution in [0.15, 0.2) is 0 Å². The predicted octanol–water partition coefficient (Wildman–Crippen LogP) is 4.16. The monoisotopic (exact) mass is 299 g/mol. The lowest BCUT2D eigenvalue weighted by Gasteiger charge is -2.48. The minimum atomic E-state index is -2.05. The fraction of sp³-hybridized carbons (Fsp3) is 1.00. The third kappa shape index (κ3) is 2.57. The SMILES string of the molecule is C[Si](C)C([Si](C)C)([Si](C)C)[Si](C)(Cl)Cl. The summed E-state index contributed by atoms with van der Waals surface area (Å²) < 4.78 is 0.413. The molecule has 0 rings (SSSR count). The van der Waals surface area contributed by atoms with Gasteiger partial charge in [-0.2, -0.15) is 0 Å². The average molecular weight is 301 g/mol. The Morgan fingerprint density at radius 2 is 1.00 bits per heavy atom. The van der Waals surface area contributed by atoms with E-state index in [1.165, 1.54) is 0 Å². The molecule has 0 saturated carbocycles. The number of hydrogen-bond donors (Lipinski definition) is 0. The van der Waals surface area contributed by atoms with Gasteiger partial charge in [-0.1, -0.05) is 39.3 Å². The van der Waals surface area contributed by atoms with Gasteiger partial charge in [-0.3, -0.25) is 0 Å². The highest BCUT2D eigenvalue weighted by Gasteiger charge is 2.55. The first-order valence-corrected chi connectivity index (χ1v) is 16.9. The number of halogens is 2. The minimum Gasteiger partial charge on any atom is -0.146 e. The summed E-state index contributed by atoms with van der Waals surface area (Å²) in [4.78, 5) is 0. The maximum atomic E-state index is 6.62. The molecule has 0 aromatic heterocycles. The van der Waals surface area contributed by atoms with Gasteiger partial charge in [-0.25, -0.2) is 0 Å². The van der Waals surface area contributed by atoms with Crippen LogP contribution in [0.1, 0.15) is 0 Å². The Morgan fingerprint density at radius 3 is 1.00 bits per heavy atom. The van der Waals surface area contributed by atoms with Gasteiger partial charge in [0.2, 0.25) is 6.69 Å². The van der Waals surface area contributed by atoms with Crippen molar-refractivity contribution in [2.45, 2.75) is 49.7 Å². The first-order chi connectivity index (χ1) is 6.08. The van der Waals surface area contributed by atoms with Crippen molar-refractivity contribution >= 4 is 55.2 Å². The Kier molecular flexibility index (Phi) is 5.72. The lowest BCUT2D eigenvalue weighted by molar-refractivity contribution is 1.35. The Balaban J connectivity index is 5.40. The van der Waals surface area contributed by atoms with Gasteiger partial charge in [0.25, 0.3) is 0 Å². The first kappa shape index (κ1) is 15.4. The van der Waals surface area contributed by atoms with Crippen molar-refractivity contribution in [1.82, 2.24) is 0 Å². The predicted molar refractivity (Wildman–Crippen MR) is 78.5 cm³/mol. The van der Waals surface area contributed by atoms with Crippen LogP contribution in [0.25, 0.3) is 0 Å². The van der Waals surface area contributed by atoms with E-state index in [0.717, 1.165) is 0 Å². The molecule has 0 amide bonds. The van der Waals surface area contributed by atoms with Crippen LogP contribution in [0.3, 0.4) is 0 Å². The molecule has 6 heteroatoms. The molecule has 0 bridgehead atoms. The fourth-order valence-electron chi connectivity index (χ4n) is 2.82. The van der Waals surface area contributed by atoms with E-state index >= 15 is 0 Å². The van der Waals surface area contributed by atoms with E-state index in [0.29, 0.717) is 3.91 Å². The summed E-state index contributed by atoms with van der Waals surface area (Å²) in [7, 11) is -1.20. The zero-order valence-corrected chi connectivity index (χ0v) is 15.8. The zero-order chi connectivity index (χ0) is 11.7. The van der Waals surface area contributed by atoms with E-state index in [9.17, 15) is 0 Å². The van der Waals surface area contributed by atoms with Crippen molar-refractivity contribution in [3.8, 4) is 0 Å². The minimum absolute atomic E-state index is 0.400. The smallest absolute Gasteiger partial charge is 0.146 e. The molecule has 0 aromatic rings. The molecule has 0 N–H and O–H groups in total. The molecule has 83 valence electrons. The van der Waals surface area contributed by atoms with Crippen LogP contribution in [-0.4, -0.2) is 33.1 Å². The molecule has 0 nitrogen and oxygen atoms in total. The average Bonchev–Trinajstić information content (AvgIpc) is 1.79. The molecule has 3 radical (unpaired) electrons. The second-order valence-electron chi connectivity index (χ2n) is 4.64. The molecular weight excluding hydrogens is 279 g/mol. The molecule has 0 aliphatic heterocycles. The van der Waals surface area contributed by atoms with Crippen LogP contribution < -0.4 is 0 Å². The van der Waals surface area contributed by atoms with Gasteiger partial charge in [-0.15, -0.1) is 22.2 Å². The molecule has 0 aliphatic rings. The molecule has 0 unspecified atom stereocenters. The lowest BCUT2D eigenvalue weighted by Crippen LogP contribution is -2.59. The lowest BCUT2D eigenvalue weighted by atomic mass is 11.7. The summed E-state index contributed by atoms with van der Waals surface area (Å²) in [5.74, 6) is 0. The summed E-state index contributed by atoms with van der Waals surface area (Å²) >= 11 is 13.2. The molecule has 0 heterocycles. The summed E-state index contributed by atoms with van der Waals surface area (Å²) in [6.07, 6.45) is 0. The molecule has 0 atom stereocenters. The van der Waals surface area contributed by atoms with Gasteiger partial charge in [-0.05, 0) is 10.5 Å². The van der Waals surface area contributed by atoms with Crippen molar-refractivity contribution in [3.05, 3.63) is 0 Å². The van der Waals surface area contributed by atoms with Crippen molar-refractivity contribution < 1.29 is 0 Å². The van der Waals surface area contributed by atoms with E-state index in [-0.39, 0.29) is 0 Å². The Hall–Kier alpha value is 1.45. The molecule has 0 saturated heterocycles. The summed E-state index contributed by atoms with van der Waals surface area (Å²) in [6, 6.07) is 0. The van der Waals surface area contributed by atoms with Gasteiger partial charge in [0.15, 0.2) is 0 Å². The summed E-state index contributed by atoms with van der Waals surface area (Å²) in [6.45, 7) is 14.5. The van der Waals surface area contributed by atoms with E-state index in [2.05, 4.69) is 45.8 Å². The van der Waals surface area contributed by atoms with Crippen LogP contribution in [0.2, 0.25) is 49.7 Å². The molecule has 14 heavy (non-hydrogen) atoms. The van der Waals surface area contributed by atoms with E-state index in [1.54, 1.807) is 0 Å². The molecular formula is C8H21Cl2Si4. The van der Waals surface area contributed by atoms with E-state index in [1.807, 2.05) is 0 Å². The van der Waals surface area contributed by atoms with Crippen molar-refractivity contribution in [3.63, 3.8) is 0 Å². The van der Waals surface area contributed by atoms with Crippen LogP contribution in [0.5, 0.6) is 0 Å². The van der Waals surface area contributed by atoms with E-state index in [4.69, 9.17) is 22.2 Å². The van der Waals surface area contributed by atoms with Gasteiger partial charge in [0, 0.05) is 26.4 Å². The van der Waals surface area contributed by atoms with Crippen LogP contribution >= 0.6 is 22.2 Å². The third-order valence-electron chi connectivity index (χ3n) is 2.91. The topological polar surface area (TPSA) is 0 Å².